The zero-order valence-electron chi connectivity index (χ0n) is 11.0. The fourth-order valence-electron chi connectivity index (χ4n) is 2.95. The molecule has 0 radical (unpaired) electrons. The molecule has 1 aliphatic rings. The Labute approximate surface area is 120 Å². The lowest BCUT2D eigenvalue weighted by Crippen LogP contribution is -2.29. The average Bonchev–Trinajstić information content (AvgIpc) is 2.35. The van der Waals surface area contributed by atoms with E-state index >= 15 is 0 Å². The molecule has 0 bridgehead atoms. The Morgan fingerprint density at radius 1 is 1.17 bits per heavy atom. The Kier molecular flexibility index (Phi) is 4.58. The van der Waals surface area contributed by atoms with Crippen LogP contribution in [-0.2, 0) is 0 Å². The van der Waals surface area contributed by atoms with Crippen LogP contribution in [-0.4, -0.2) is 0 Å². The fraction of sp³-hybridized carbons (Fsp3) is 0.600. The molecule has 0 amide bonds. The van der Waals surface area contributed by atoms with E-state index in [4.69, 9.17) is 28.9 Å². The van der Waals surface area contributed by atoms with E-state index in [1.165, 1.54) is 19.3 Å². The molecule has 3 heteroatoms. The lowest BCUT2D eigenvalue weighted by atomic mass is 9.72. The standard InChI is InChI=1S/C15H21Cl2N/c1-9-6-7-11(8-10(9)2)15(18)12-4-3-5-13(16)14(12)17/h3-5,9-11,15H,6-8,18H2,1-2H3. The molecule has 1 aromatic carbocycles. The molecule has 100 valence electrons. The molecule has 0 spiro atoms. The van der Waals surface area contributed by atoms with Crippen molar-refractivity contribution in [2.75, 3.05) is 0 Å². The first-order valence-electron chi connectivity index (χ1n) is 6.70. The van der Waals surface area contributed by atoms with Gasteiger partial charge in [-0.05, 0) is 42.2 Å². The van der Waals surface area contributed by atoms with Crippen molar-refractivity contribution in [3.63, 3.8) is 0 Å². The van der Waals surface area contributed by atoms with Crippen LogP contribution in [0.4, 0.5) is 0 Å². The van der Waals surface area contributed by atoms with Gasteiger partial charge in [-0.3, -0.25) is 0 Å². The SMILES string of the molecule is CC1CCC(C(N)c2cccc(Cl)c2Cl)CC1C. The summed E-state index contributed by atoms with van der Waals surface area (Å²) in [5, 5.41) is 1.22. The second-order valence-corrected chi connectivity index (χ2v) is 6.48. The molecule has 1 fully saturated rings. The van der Waals surface area contributed by atoms with Crippen LogP contribution in [0.3, 0.4) is 0 Å². The summed E-state index contributed by atoms with van der Waals surface area (Å²) in [5.74, 6) is 2.07. The molecule has 1 saturated carbocycles. The van der Waals surface area contributed by atoms with Crippen LogP contribution in [0.1, 0.15) is 44.7 Å². The zero-order chi connectivity index (χ0) is 13.3. The summed E-state index contributed by atoms with van der Waals surface area (Å²) in [6.45, 7) is 4.65. The minimum Gasteiger partial charge on any atom is -0.324 e. The second kappa shape index (κ2) is 5.81. The first-order valence-corrected chi connectivity index (χ1v) is 7.45. The lowest BCUT2D eigenvalue weighted by molar-refractivity contribution is 0.186. The molecule has 1 aromatic rings. The maximum Gasteiger partial charge on any atom is 0.0640 e. The van der Waals surface area contributed by atoms with Crippen LogP contribution in [0, 0.1) is 17.8 Å². The highest BCUT2D eigenvalue weighted by Gasteiger charge is 2.30. The summed E-state index contributed by atoms with van der Waals surface area (Å²) in [7, 11) is 0. The summed E-state index contributed by atoms with van der Waals surface area (Å²) in [6.07, 6.45) is 3.64. The van der Waals surface area contributed by atoms with Gasteiger partial charge in [0.05, 0.1) is 10.0 Å². The predicted molar refractivity (Wildman–Crippen MR) is 79.1 cm³/mol. The van der Waals surface area contributed by atoms with Gasteiger partial charge in [0.25, 0.3) is 0 Å². The van der Waals surface area contributed by atoms with E-state index in [1.807, 2.05) is 18.2 Å². The third-order valence-corrected chi connectivity index (χ3v) is 5.32. The van der Waals surface area contributed by atoms with Gasteiger partial charge in [-0.25, -0.2) is 0 Å². The minimum atomic E-state index is 0.00569. The summed E-state index contributed by atoms with van der Waals surface area (Å²) in [5.41, 5.74) is 7.40. The normalized spacial score (nSPS) is 30.2. The first kappa shape index (κ1) is 14.2. The number of rotatable bonds is 2. The molecule has 0 aliphatic heterocycles. The topological polar surface area (TPSA) is 26.0 Å². The predicted octanol–water partition coefficient (Wildman–Crippen LogP) is 5.07. The van der Waals surface area contributed by atoms with E-state index in [1.54, 1.807) is 0 Å². The van der Waals surface area contributed by atoms with E-state index in [-0.39, 0.29) is 6.04 Å². The molecular weight excluding hydrogens is 265 g/mol. The van der Waals surface area contributed by atoms with Crippen molar-refractivity contribution in [1.82, 2.24) is 0 Å². The Morgan fingerprint density at radius 2 is 1.89 bits per heavy atom. The molecule has 1 nitrogen and oxygen atoms in total. The number of nitrogens with two attached hydrogens (primary N) is 1. The molecule has 2 rings (SSSR count). The molecule has 0 aromatic heterocycles. The van der Waals surface area contributed by atoms with Gasteiger partial charge in [0.15, 0.2) is 0 Å². The second-order valence-electron chi connectivity index (χ2n) is 5.70. The van der Waals surface area contributed by atoms with Crippen molar-refractivity contribution in [2.45, 2.75) is 39.2 Å². The van der Waals surface area contributed by atoms with Crippen LogP contribution in [0.25, 0.3) is 0 Å². The van der Waals surface area contributed by atoms with Gasteiger partial charge in [-0.15, -0.1) is 0 Å². The van der Waals surface area contributed by atoms with Gasteiger partial charge in [-0.1, -0.05) is 55.6 Å². The van der Waals surface area contributed by atoms with Crippen molar-refractivity contribution in [1.29, 1.82) is 0 Å². The van der Waals surface area contributed by atoms with Crippen LogP contribution < -0.4 is 5.73 Å². The molecule has 0 heterocycles. The van der Waals surface area contributed by atoms with Crippen molar-refractivity contribution in [3.05, 3.63) is 33.8 Å². The van der Waals surface area contributed by atoms with E-state index in [2.05, 4.69) is 13.8 Å². The van der Waals surface area contributed by atoms with Gasteiger partial charge < -0.3 is 5.73 Å². The number of hydrogen-bond acceptors (Lipinski definition) is 1. The molecular formula is C15H21Cl2N. The Bertz CT molecular complexity index is 419. The molecule has 4 atom stereocenters. The highest BCUT2D eigenvalue weighted by Crippen LogP contribution is 2.41. The smallest absolute Gasteiger partial charge is 0.0640 e. The highest BCUT2D eigenvalue weighted by atomic mass is 35.5. The summed E-state index contributed by atoms with van der Waals surface area (Å²) in [6, 6.07) is 5.75. The van der Waals surface area contributed by atoms with Crippen molar-refractivity contribution in [2.24, 2.45) is 23.5 Å². The molecule has 1 aliphatic carbocycles. The van der Waals surface area contributed by atoms with Crippen molar-refractivity contribution < 1.29 is 0 Å². The first-order chi connectivity index (χ1) is 8.50. The van der Waals surface area contributed by atoms with Gasteiger partial charge in [-0.2, -0.15) is 0 Å². The number of benzene rings is 1. The molecule has 2 N–H and O–H groups in total. The third kappa shape index (κ3) is 2.84. The number of halogens is 2. The van der Waals surface area contributed by atoms with Crippen molar-refractivity contribution in [3.8, 4) is 0 Å². The third-order valence-electron chi connectivity index (χ3n) is 4.49. The van der Waals surface area contributed by atoms with Gasteiger partial charge >= 0.3 is 0 Å². The Hall–Kier alpha value is -0.240. The highest BCUT2D eigenvalue weighted by molar-refractivity contribution is 6.42. The van der Waals surface area contributed by atoms with Gasteiger partial charge in [0.1, 0.15) is 0 Å². The Morgan fingerprint density at radius 3 is 2.56 bits per heavy atom. The van der Waals surface area contributed by atoms with Crippen LogP contribution in [0.5, 0.6) is 0 Å². The minimum absolute atomic E-state index is 0.00569. The van der Waals surface area contributed by atoms with Crippen LogP contribution in [0.15, 0.2) is 18.2 Å². The van der Waals surface area contributed by atoms with E-state index < -0.39 is 0 Å². The van der Waals surface area contributed by atoms with Crippen LogP contribution in [0.2, 0.25) is 10.0 Å². The van der Waals surface area contributed by atoms with Gasteiger partial charge in [0, 0.05) is 6.04 Å². The number of hydrogen-bond donors (Lipinski definition) is 1. The molecule has 18 heavy (non-hydrogen) atoms. The largest absolute Gasteiger partial charge is 0.324 e. The average molecular weight is 286 g/mol. The van der Waals surface area contributed by atoms with Crippen LogP contribution >= 0.6 is 23.2 Å². The lowest BCUT2D eigenvalue weighted by Gasteiger charge is -2.35. The summed E-state index contributed by atoms with van der Waals surface area (Å²) in [4.78, 5) is 0. The van der Waals surface area contributed by atoms with E-state index in [0.29, 0.717) is 16.0 Å². The Balaban J connectivity index is 2.16. The summed E-state index contributed by atoms with van der Waals surface area (Å²) < 4.78 is 0. The zero-order valence-corrected chi connectivity index (χ0v) is 12.5. The van der Waals surface area contributed by atoms with Gasteiger partial charge in [0.2, 0.25) is 0 Å². The monoisotopic (exact) mass is 285 g/mol. The van der Waals surface area contributed by atoms with E-state index in [0.717, 1.165) is 17.4 Å². The van der Waals surface area contributed by atoms with E-state index in [9.17, 15) is 0 Å². The maximum absolute atomic E-state index is 6.40. The van der Waals surface area contributed by atoms with Crippen molar-refractivity contribution >= 4 is 23.2 Å². The fourth-order valence-corrected chi connectivity index (χ4v) is 3.38. The quantitative estimate of drug-likeness (QED) is 0.807. The molecule has 4 unspecified atom stereocenters. The maximum atomic E-state index is 6.40. The summed E-state index contributed by atoms with van der Waals surface area (Å²) >= 11 is 12.3. The molecule has 0 saturated heterocycles.